The lowest BCUT2D eigenvalue weighted by Gasteiger charge is -2.09. The van der Waals surface area contributed by atoms with Gasteiger partial charge in [-0.15, -0.1) is 0 Å². The van der Waals surface area contributed by atoms with Gasteiger partial charge in [-0.25, -0.2) is 22.0 Å². The van der Waals surface area contributed by atoms with E-state index < -0.39 is 56.9 Å². The van der Waals surface area contributed by atoms with Crippen LogP contribution in [0.3, 0.4) is 0 Å². The summed E-state index contributed by atoms with van der Waals surface area (Å²) in [5, 5.41) is 12.7. The molecule has 0 saturated carbocycles. The topological polar surface area (TPSA) is 72.2 Å². The first-order valence-corrected chi connectivity index (χ1v) is 6.23. The van der Waals surface area contributed by atoms with Crippen molar-refractivity contribution in [3.63, 3.8) is 0 Å². The van der Waals surface area contributed by atoms with E-state index >= 15 is 0 Å². The Morgan fingerprint density at radius 3 is 2.00 bits per heavy atom. The van der Waals surface area contributed by atoms with Crippen molar-refractivity contribution in [3.8, 4) is 0 Å². The minimum atomic E-state index is -2.41. The first-order chi connectivity index (χ1) is 11.1. The van der Waals surface area contributed by atoms with Gasteiger partial charge in [0.1, 0.15) is 11.3 Å². The minimum Gasteiger partial charge on any atom is -0.316 e. The maximum absolute atomic E-state index is 13.6. The van der Waals surface area contributed by atoms with Gasteiger partial charge in [-0.05, 0) is 18.6 Å². The number of aryl methyl sites for hydroxylation is 1. The van der Waals surface area contributed by atoms with Crippen molar-refractivity contribution in [2.75, 3.05) is 5.32 Å². The zero-order chi connectivity index (χ0) is 18.2. The number of halogens is 5. The molecule has 0 saturated heterocycles. The van der Waals surface area contributed by atoms with Crippen LogP contribution in [0.4, 0.5) is 33.3 Å². The van der Waals surface area contributed by atoms with E-state index in [1.807, 2.05) is 0 Å². The maximum Gasteiger partial charge on any atom is 0.293 e. The molecule has 0 unspecified atom stereocenters. The van der Waals surface area contributed by atoms with Gasteiger partial charge in [0.15, 0.2) is 23.3 Å². The molecule has 0 fully saturated rings. The average Bonchev–Trinajstić information content (AvgIpc) is 2.52. The highest BCUT2D eigenvalue weighted by Gasteiger charge is 2.30. The summed E-state index contributed by atoms with van der Waals surface area (Å²) in [5.41, 5.74) is -2.34. The molecule has 5 nitrogen and oxygen atoms in total. The lowest BCUT2D eigenvalue weighted by molar-refractivity contribution is -0.384. The molecule has 0 bridgehead atoms. The lowest BCUT2D eigenvalue weighted by atomic mass is 10.1. The number of hydrogen-bond acceptors (Lipinski definition) is 3. The Kier molecular flexibility index (Phi) is 4.49. The standard InChI is InChI=1S/C14H7F5N2O3/c1-5-2-3-6(7(4-5)21(23)24)20-14(22)8-9(15)11(17)13(19)12(18)10(8)16/h2-4H,1H3,(H,20,22). The number of amides is 1. The summed E-state index contributed by atoms with van der Waals surface area (Å²) in [7, 11) is 0. The number of rotatable bonds is 3. The minimum absolute atomic E-state index is 0.455. The van der Waals surface area contributed by atoms with E-state index in [1.165, 1.54) is 13.0 Å². The van der Waals surface area contributed by atoms with Crippen LogP contribution in [0.1, 0.15) is 15.9 Å². The van der Waals surface area contributed by atoms with E-state index in [4.69, 9.17) is 0 Å². The van der Waals surface area contributed by atoms with Gasteiger partial charge in [-0.2, -0.15) is 0 Å². The largest absolute Gasteiger partial charge is 0.316 e. The first-order valence-electron chi connectivity index (χ1n) is 6.23. The number of benzene rings is 2. The van der Waals surface area contributed by atoms with E-state index in [9.17, 15) is 36.9 Å². The van der Waals surface area contributed by atoms with Gasteiger partial charge >= 0.3 is 0 Å². The third kappa shape index (κ3) is 2.90. The Morgan fingerprint density at radius 2 is 1.50 bits per heavy atom. The van der Waals surface area contributed by atoms with Gasteiger partial charge in [-0.3, -0.25) is 14.9 Å². The average molecular weight is 346 g/mol. The highest BCUT2D eigenvalue weighted by molar-refractivity contribution is 6.05. The molecule has 0 aromatic heterocycles. The van der Waals surface area contributed by atoms with Gasteiger partial charge in [0.25, 0.3) is 11.6 Å². The Morgan fingerprint density at radius 1 is 1.00 bits per heavy atom. The number of carbonyl (C=O) groups excluding carboxylic acids is 1. The number of carbonyl (C=O) groups is 1. The summed E-state index contributed by atoms with van der Waals surface area (Å²) in [6, 6.07) is 3.48. The van der Waals surface area contributed by atoms with Crippen molar-refractivity contribution in [2.45, 2.75) is 6.92 Å². The third-order valence-corrected chi connectivity index (χ3v) is 3.03. The molecule has 1 amide bonds. The molecule has 2 aromatic rings. The van der Waals surface area contributed by atoms with E-state index in [-0.39, 0.29) is 0 Å². The van der Waals surface area contributed by atoms with Crippen LogP contribution in [-0.4, -0.2) is 10.8 Å². The summed E-state index contributed by atoms with van der Waals surface area (Å²) in [6.45, 7) is 1.52. The van der Waals surface area contributed by atoms with Crippen molar-refractivity contribution in [3.05, 3.63) is 68.5 Å². The number of nitrogens with zero attached hydrogens (tertiary/aromatic N) is 1. The predicted octanol–water partition coefficient (Wildman–Crippen LogP) is 3.85. The molecule has 24 heavy (non-hydrogen) atoms. The van der Waals surface area contributed by atoms with E-state index in [1.54, 1.807) is 5.32 Å². The maximum atomic E-state index is 13.6. The molecule has 0 atom stereocenters. The van der Waals surface area contributed by atoms with Crippen LogP contribution < -0.4 is 5.32 Å². The second-order valence-corrected chi connectivity index (χ2v) is 4.68. The summed E-state index contributed by atoms with van der Waals surface area (Å²) in [4.78, 5) is 21.9. The number of nitro benzene ring substituents is 1. The molecular formula is C14H7F5N2O3. The van der Waals surface area contributed by atoms with E-state index in [2.05, 4.69) is 0 Å². The molecule has 2 aromatic carbocycles. The van der Waals surface area contributed by atoms with Crippen molar-refractivity contribution < 1.29 is 31.7 Å². The Hall–Kier alpha value is -3.04. The van der Waals surface area contributed by atoms with Gasteiger partial charge in [0.05, 0.1) is 4.92 Å². The second kappa shape index (κ2) is 6.22. The van der Waals surface area contributed by atoms with Crippen molar-refractivity contribution >= 4 is 17.3 Å². The van der Waals surface area contributed by atoms with Crippen molar-refractivity contribution in [1.82, 2.24) is 0 Å². The molecule has 10 heteroatoms. The predicted molar refractivity (Wildman–Crippen MR) is 72.0 cm³/mol. The SMILES string of the molecule is Cc1ccc(NC(=O)c2c(F)c(F)c(F)c(F)c2F)c([N+](=O)[O-])c1. The Bertz CT molecular complexity index is 841. The van der Waals surface area contributed by atoms with Crippen LogP contribution >= 0.6 is 0 Å². The van der Waals surface area contributed by atoms with Gasteiger partial charge in [0.2, 0.25) is 5.82 Å². The fraction of sp³-hybridized carbons (Fsp3) is 0.0714. The quantitative estimate of drug-likeness (QED) is 0.302. The molecule has 2 rings (SSSR count). The number of hydrogen-bond donors (Lipinski definition) is 1. The summed E-state index contributed by atoms with van der Waals surface area (Å²) >= 11 is 0. The van der Waals surface area contributed by atoms with Crippen LogP contribution in [-0.2, 0) is 0 Å². The second-order valence-electron chi connectivity index (χ2n) is 4.68. The van der Waals surface area contributed by atoms with Gasteiger partial charge in [-0.1, -0.05) is 6.07 Å². The van der Waals surface area contributed by atoms with Crippen LogP contribution in [0, 0.1) is 46.1 Å². The van der Waals surface area contributed by atoms with E-state index in [0.717, 1.165) is 12.1 Å². The monoisotopic (exact) mass is 346 g/mol. The highest BCUT2D eigenvalue weighted by Crippen LogP contribution is 2.28. The van der Waals surface area contributed by atoms with E-state index in [0.29, 0.717) is 5.56 Å². The molecule has 0 heterocycles. The lowest BCUT2D eigenvalue weighted by Crippen LogP contribution is -2.20. The third-order valence-electron chi connectivity index (χ3n) is 3.03. The van der Waals surface area contributed by atoms with Gasteiger partial charge in [0, 0.05) is 6.07 Å². The normalized spacial score (nSPS) is 10.6. The number of nitro groups is 1. The van der Waals surface area contributed by atoms with Crippen LogP contribution in [0.15, 0.2) is 18.2 Å². The summed E-state index contributed by atoms with van der Waals surface area (Å²) in [6.07, 6.45) is 0. The van der Waals surface area contributed by atoms with Crippen molar-refractivity contribution in [2.24, 2.45) is 0 Å². The zero-order valence-corrected chi connectivity index (χ0v) is 11.8. The molecular weight excluding hydrogens is 339 g/mol. The number of anilines is 1. The summed E-state index contributed by atoms with van der Waals surface area (Å²) < 4.78 is 66.3. The molecule has 126 valence electrons. The van der Waals surface area contributed by atoms with Gasteiger partial charge < -0.3 is 5.32 Å². The number of nitrogens with one attached hydrogen (secondary N) is 1. The molecule has 0 aliphatic carbocycles. The zero-order valence-electron chi connectivity index (χ0n) is 11.8. The smallest absolute Gasteiger partial charge is 0.293 e. The van der Waals surface area contributed by atoms with Crippen LogP contribution in [0.25, 0.3) is 0 Å². The van der Waals surface area contributed by atoms with Crippen molar-refractivity contribution in [1.29, 1.82) is 0 Å². The van der Waals surface area contributed by atoms with Crippen LogP contribution in [0.5, 0.6) is 0 Å². The Labute approximate surface area is 130 Å². The highest BCUT2D eigenvalue weighted by atomic mass is 19.2. The van der Waals surface area contributed by atoms with Crippen LogP contribution in [0.2, 0.25) is 0 Å². The summed E-state index contributed by atoms with van der Waals surface area (Å²) in [5.74, 6) is -13.4. The Balaban J connectivity index is 2.51. The fourth-order valence-electron chi connectivity index (χ4n) is 1.89. The molecule has 0 spiro atoms. The first kappa shape index (κ1) is 17.3. The molecule has 1 N–H and O–H groups in total. The fourth-order valence-corrected chi connectivity index (χ4v) is 1.89. The molecule has 0 aliphatic heterocycles. The molecule has 0 radical (unpaired) electrons. The molecule has 0 aliphatic rings.